The van der Waals surface area contributed by atoms with E-state index in [0.717, 1.165) is 25.7 Å². The first-order chi connectivity index (χ1) is 13.6. The second kappa shape index (κ2) is 10.1. The van der Waals surface area contributed by atoms with Crippen LogP contribution in [-0.2, 0) is 14.3 Å². The topological polar surface area (TPSA) is 97.0 Å². The fourth-order valence-corrected chi connectivity index (χ4v) is 3.38. The lowest BCUT2D eigenvalue weighted by atomic mass is 9.97. The molecule has 1 atom stereocenters. The second-order valence-electron chi connectivity index (χ2n) is 7.17. The van der Waals surface area contributed by atoms with Gasteiger partial charge in [0.1, 0.15) is 5.75 Å². The fourth-order valence-electron chi connectivity index (χ4n) is 3.38. The molecule has 3 amide bonds. The van der Waals surface area contributed by atoms with Gasteiger partial charge in [-0.05, 0) is 43.7 Å². The molecule has 0 unspecified atom stereocenters. The summed E-state index contributed by atoms with van der Waals surface area (Å²) in [4.78, 5) is 37.6. The molecule has 8 heteroatoms. The van der Waals surface area contributed by atoms with E-state index in [4.69, 9.17) is 9.47 Å². The molecule has 2 N–H and O–H groups in total. The first kappa shape index (κ1) is 20.1. The first-order valence-corrected chi connectivity index (χ1v) is 9.81. The van der Waals surface area contributed by atoms with Crippen LogP contribution in [0, 0.1) is 5.92 Å². The molecular weight excluding hydrogens is 362 g/mol. The fraction of sp³-hybridized carbons (Fsp3) is 0.550. The summed E-state index contributed by atoms with van der Waals surface area (Å²) in [5.74, 6) is -0.491. The normalized spacial score (nSPS) is 19.9. The van der Waals surface area contributed by atoms with Crippen LogP contribution in [-0.4, -0.2) is 61.7 Å². The van der Waals surface area contributed by atoms with Crippen LogP contribution < -0.4 is 15.4 Å². The van der Waals surface area contributed by atoms with Gasteiger partial charge in [0, 0.05) is 32.8 Å². The van der Waals surface area contributed by atoms with Crippen LogP contribution in [0.2, 0.25) is 0 Å². The standard InChI is InChI=1S/C20H27N3O5/c24-18(19(25)22-14-17-7-4-12-27-17)21-13-15-8-10-23(11-9-15)20(26)28-16-5-2-1-3-6-16/h1-3,5-6,15,17H,4,7-14H2,(H,21,24)(H,22,25)/t17-/m1/s1. The molecule has 0 bridgehead atoms. The summed E-state index contributed by atoms with van der Waals surface area (Å²) in [5, 5.41) is 5.30. The minimum Gasteiger partial charge on any atom is -0.410 e. The van der Waals surface area contributed by atoms with Crippen LogP contribution in [0.15, 0.2) is 30.3 Å². The predicted molar refractivity (Wildman–Crippen MR) is 102 cm³/mol. The van der Waals surface area contributed by atoms with Gasteiger partial charge in [-0.1, -0.05) is 18.2 Å². The third-order valence-electron chi connectivity index (χ3n) is 5.09. The number of likely N-dealkylation sites (tertiary alicyclic amines) is 1. The van der Waals surface area contributed by atoms with Gasteiger partial charge in [0.15, 0.2) is 0 Å². The van der Waals surface area contributed by atoms with Crippen molar-refractivity contribution in [2.75, 3.05) is 32.8 Å². The maximum absolute atomic E-state index is 12.2. The number of para-hydroxylation sites is 1. The molecule has 0 aliphatic carbocycles. The summed E-state index contributed by atoms with van der Waals surface area (Å²) in [6.07, 6.45) is 3.06. The Kier molecular flexibility index (Phi) is 7.25. The number of hydrogen-bond acceptors (Lipinski definition) is 5. The van der Waals surface area contributed by atoms with Crippen LogP contribution >= 0.6 is 0 Å². The first-order valence-electron chi connectivity index (χ1n) is 9.81. The molecule has 0 spiro atoms. The zero-order valence-corrected chi connectivity index (χ0v) is 15.9. The van der Waals surface area contributed by atoms with Gasteiger partial charge in [0.2, 0.25) is 0 Å². The molecule has 1 aromatic rings. The van der Waals surface area contributed by atoms with E-state index in [2.05, 4.69) is 10.6 Å². The number of rotatable bonds is 5. The van der Waals surface area contributed by atoms with E-state index >= 15 is 0 Å². The van der Waals surface area contributed by atoms with Crippen molar-refractivity contribution in [3.05, 3.63) is 30.3 Å². The van der Waals surface area contributed by atoms with E-state index in [9.17, 15) is 14.4 Å². The largest absolute Gasteiger partial charge is 0.415 e. The van der Waals surface area contributed by atoms with Crippen molar-refractivity contribution in [3.63, 3.8) is 0 Å². The highest BCUT2D eigenvalue weighted by atomic mass is 16.6. The maximum Gasteiger partial charge on any atom is 0.415 e. The summed E-state index contributed by atoms with van der Waals surface area (Å²) >= 11 is 0. The SMILES string of the molecule is O=C(NCC1CCN(C(=O)Oc2ccccc2)CC1)C(=O)NC[C@H]1CCCO1. The Morgan fingerprint density at radius 1 is 1.00 bits per heavy atom. The summed E-state index contributed by atoms with van der Waals surface area (Å²) in [6.45, 7) is 2.64. The lowest BCUT2D eigenvalue weighted by Crippen LogP contribution is -2.46. The van der Waals surface area contributed by atoms with E-state index < -0.39 is 11.8 Å². The molecule has 2 heterocycles. The van der Waals surface area contributed by atoms with E-state index in [1.54, 1.807) is 17.0 Å². The summed E-state index contributed by atoms with van der Waals surface area (Å²) in [6, 6.07) is 8.97. The van der Waals surface area contributed by atoms with Crippen molar-refractivity contribution in [3.8, 4) is 5.75 Å². The number of piperidine rings is 1. The molecule has 0 radical (unpaired) electrons. The number of nitrogens with one attached hydrogen (secondary N) is 2. The summed E-state index contributed by atoms with van der Waals surface area (Å²) < 4.78 is 10.8. The van der Waals surface area contributed by atoms with Crippen molar-refractivity contribution in [1.29, 1.82) is 0 Å². The zero-order valence-electron chi connectivity index (χ0n) is 15.9. The lowest BCUT2D eigenvalue weighted by molar-refractivity contribution is -0.139. The number of carbonyl (C=O) groups is 3. The molecule has 3 rings (SSSR count). The highest BCUT2D eigenvalue weighted by Gasteiger charge is 2.25. The quantitative estimate of drug-likeness (QED) is 0.740. The Balaban J connectivity index is 1.32. The van der Waals surface area contributed by atoms with Gasteiger partial charge in [-0.2, -0.15) is 0 Å². The van der Waals surface area contributed by atoms with Gasteiger partial charge < -0.3 is 25.0 Å². The number of ether oxygens (including phenoxy) is 2. The minimum atomic E-state index is -0.626. The van der Waals surface area contributed by atoms with Crippen molar-refractivity contribution >= 4 is 17.9 Å². The Bertz CT molecular complexity index is 668. The third-order valence-corrected chi connectivity index (χ3v) is 5.09. The third kappa shape index (κ3) is 5.95. The average molecular weight is 389 g/mol. The molecule has 28 heavy (non-hydrogen) atoms. The van der Waals surface area contributed by atoms with Crippen LogP contribution in [0.5, 0.6) is 5.75 Å². The van der Waals surface area contributed by atoms with Crippen molar-refractivity contribution in [2.45, 2.75) is 31.8 Å². The monoisotopic (exact) mass is 389 g/mol. The Labute approximate surface area is 164 Å². The molecule has 2 aliphatic heterocycles. The van der Waals surface area contributed by atoms with Gasteiger partial charge in [-0.25, -0.2) is 4.79 Å². The lowest BCUT2D eigenvalue weighted by Gasteiger charge is -2.31. The maximum atomic E-state index is 12.2. The number of benzene rings is 1. The van der Waals surface area contributed by atoms with Crippen LogP contribution in [0.3, 0.4) is 0 Å². The highest BCUT2D eigenvalue weighted by Crippen LogP contribution is 2.18. The van der Waals surface area contributed by atoms with Crippen LogP contribution in [0.1, 0.15) is 25.7 Å². The van der Waals surface area contributed by atoms with Crippen molar-refractivity contribution < 1.29 is 23.9 Å². The summed E-state index contributed by atoms with van der Waals surface area (Å²) in [7, 11) is 0. The molecule has 2 aliphatic rings. The number of hydrogen-bond donors (Lipinski definition) is 2. The van der Waals surface area contributed by atoms with E-state index in [0.29, 0.717) is 38.5 Å². The highest BCUT2D eigenvalue weighted by molar-refractivity contribution is 6.35. The van der Waals surface area contributed by atoms with E-state index in [1.807, 2.05) is 18.2 Å². The van der Waals surface area contributed by atoms with Gasteiger partial charge in [0.25, 0.3) is 0 Å². The molecule has 152 valence electrons. The number of carbonyl (C=O) groups excluding carboxylic acids is 3. The van der Waals surface area contributed by atoms with E-state index in [-0.39, 0.29) is 18.1 Å². The van der Waals surface area contributed by atoms with E-state index in [1.165, 1.54) is 0 Å². The van der Waals surface area contributed by atoms with Gasteiger partial charge in [-0.3, -0.25) is 9.59 Å². The average Bonchev–Trinajstić information content (AvgIpc) is 3.25. The minimum absolute atomic E-state index is 0.0109. The van der Waals surface area contributed by atoms with Crippen molar-refractivity contribution in [2.24, 2.45) is 5.92 Å². The van der Waals surface area contributed by atoms with Gasteiger partial charge in [-0.15, -0.1) is 0 Å². The van der Waals surface area contributed by atoms with Crippen LogP contribution in [0.25, 0.3) is 0 Å². The molecule has 0 aromatic heterocycles. The van der Waals surface area contributed by atoms with Gasteiger partial charge >= 0.3 is 17.9 Å². The molecule has 1 aromatic carbocycles. The molecule has 2 saturated heterocycles. The second-order valence-corrected chi connectivity index (χ2v) is 7.17. The Morgan fingerprint density at radius 3 is 2.32 bits per heavy atom. The smallest absolute Gasteiger partial charge is 0.410 e. The Morgan fingerprint density at radius 2 is 1.68 bits per heavy atom. The summed E-state index contributed by atoms with van der Waals surface area (Å²) in [5.41, 5.74) is 0. The van der Waals surface area contributed by atoms with Crippen molar-refractivity contribution in [1.82, 2.24) is 15.5 Å². The predicted octanol–water partition coefficient (Wildman–Crippen LogP) is 1.31. The number of amides is 3. The molecule has 8 nitrogen and oxygen atoms in total. The molecule has 2 fully saturated rings. The molecule has 0 saturated carbocycles. The molecular formula is C20H27N3O5. The van der Waals surface area contributed by atoms with Crippen LogP contribution in [0.4, 0.5) is 4.79 Å². The zero-order chi connectivity index (χ0) is 19.8. The Hall–Kier alpha value is -2.61. The van der Waals surface area contributed by atoms with Gasteiger partial charge in [0.05, 0.1) is 6.10 Å². The number of nitrogens with zero attached hydrogens (tertiary/aromatic N) is 1.